The third-order valence-corrected chi connectivity index (χ3v) is 3.46. The maximum Gasteiger partial charge on any atom is 0.137 e. The van der Waals surface area contributed by atoms with Gasteiger partial charge in [0.15, 0.2) is 0 Å². The molecule has 0 aliphatic rings. The first kappa shape index (κ1) is 10.9. The zero-order valence-corrected chi connectivity index (χ0v) is 9.76. The van der Waals surface area contributed by atoms with Gasteiger partial charge in [0.25, 0.3) is 0 Å². The molecule has 2 rings (SSSR count). The van der Waals surface area contributed by atoms with E-state index in [2.05, 4.69) is 5.16 Å². The van der Waals surface area contributed by atoms with Gasteiger partial charge >= 0.3 is 0 Å². The van der Waals surface area contributed by atoms with Crippen LogP contribution in [-0.4, -0.2) is 11.1 Å². The van der Waals surface area contributed by atoms with Crippen LogP contribution in [0.5, 0.6) is 0 Å². The molecule has 0 fully saturated rings. The van der Waals surface area contributed by atoms with E-state index < -0.39 is 5.97 Å². The largest absolute Gasteiger partial charge is 0.544 e. The maximum atomic E-state index is 10.6. The van der Waals surface area contributed by atoms with Gasteiger partial charge in [0.05, 0.1) is 16.5 Å². The van der Waals surface area contributed by atoms with E-state index in [-0.39, 0.29) is 4.88 Å². The van der Waals surface area contributed by atoms with Gasteiger partial charge in [-0.3, -0.25) is 0 Å². The Morgan fingerprint density at radius 3 is 2.75 bits per heavy atom. The Bertz CT molecular complexity index is 508. The lowest BCUT2D eigenvalue weighted by atomic mass is 10.1. The molecule has 0 bridgehead atoms. The number of carbonyl (C=O) groups excluding carboxylic acids is 1. The van der Waals surface area contributed by atoms with Gasteiger partial charge in [0.1, 0.15) is 5.76 Å². The molecule has 4 nitrogen and oxygen atoms in total. The molecule has 0 atom stereocenters. The molecule has 2 heterocycles. The number of hydrogen-bond donors (Lipinski definition) is 0. The molecule has 16 heavy (non-hydrogen) atoms. The van der Waals surface area contributed by atoms with Crippen LogP contribution in [-0.2, 0) is 6.42 Å². The van der Waals surface area contributed by atoms with Gasteiger partial charge in [-0.25, -0.2) is 0 Å². The lowest BCUT2D eigenvalue weighted by Crippen LogP contribution is -2.20. The zero-order chi connectivity index (χ0) is 11.7. The van der Waals surface area contributed by atoms with Crippen molar-refractivity contribution in [2.75, 3.05) is 0 Å². The average Bonchev–Trinajstić information content (AvgIpc) is 2.80. The first-order valence-corrected chi connectivity index (χ1v) is 5.61. The first-order valence-electron chi connectivity index (χ1n) is 4.79. The summed E-state index contributed by atoms with van der Waals surface area (Å²) in [4.78, 5) is 11.8. The van der Waals surface area contributed by atoms with Gasteiger partial charge in [-0.15, -0.1) is 11.3 Å². The van der Waals surface area contributed by atoms with E-state index in [9.17, 15) is 9.90 Å². The van der Waals surface area contributed by atoms with Crippen LogP contribution in [0.3, 0.4) is 0 Å². The van der Waals surface area contributed by atoms with E-state index in [0.717, 1.165) is 21.9 Å². The summed E-state index contributed by atoms with van der Waals surface area (Å²) >= 11 is 1.23. The number of thiophene rings is 1. The minimum atomic E-state index is -1.13. The van der Waals surface area contributed by atoms with Gasteiger partial charge in [0.2, 0.25) is 0 Å². The van der Waals surface area contributed by atoms with Crippen molar-refractivity contribution in [3.8, 4) is 0 Å². The lowest BCUT2D eigenvalue weighted by Gasteiger charge is -1.97. The fourth-order valence-corrected chi connectivity index (χ4v) is 2.37. The molecule has 0 aromatic carbocycles. The Hall–Kier alpha value is -1.62. The standard InChI is InChI=1S/C11H11NO3S/c1-6-9(7(2)15-12-6)5-8-3-4-10(16-8)11(13)14/h3-4H,5H2,1-2H3,(H,13,14)/p-1. The van der Waals surface area contributed by atoms with Crippen molar-refractivity contribution in [3.05, 3.63) is 38.9 Å². The van der Waals surface area contributed by atoms with Gasteiger partial charge < -0.3 is 14.4 Å². The van der Waals surface area contributed by atoms with Crippen LogP contribution in [0.4, 0.5) is 0 Å². The molecule has 0 spiro atoms. The van der Waals surface area contributed by atoms with Gasteiger partial charge in [-0.2, -0.15) is 0 Å². The van der Waals surface area contributed by atoms with E-state index in [0.29, 0.717) is 6.42 Å². The van der Waals surface area contributed by atoms with E-state index in [1.807, 2.05) is 13.8 Å². The number of aryl methyl sites for hydroxylation is 2. The van der Waals surface area contributed by atoms with Crippen molar-refractivity contribution in [2.45, 2.75) is 20.3 Å². The minimum absolute atomic E-state index is 0.252. The normalized spacial score (nSPS) is 10.6. The second-order valence-electron chi connectivity index (χ2n) is 3.53. The second-order valence-corrected chi connectivity index (χ2v) is 4.70. The SMILES string of the molecule is Cc1noc(C)c1Cc1ccc(C(=O)[O-])s1. The highest BCUT2D eigenvalue weighted by Gasteiger charge is 2.11. The average molecular weight is 236 g/mol. The summed E-state index contributed by atoms with van der Waals surface area (Å²) in [5.41, 5.74) is 1.87. The molecule has 0 radical (unpaired) electrons. The molecule has 2 aromatic heterocycles. The number of carboxylic acids is 1. The molecule has 84 valence electrons. The van der Waals surface area contributed by atoms with Crippen LogP contribution < -0.4 is 5.11 Å². The van der Waals surface area contributed by atoms with Crippen molar-refractivity contribution in [2.24, 2.45) is 0 Å². The van der Waals surface area contributed by atoms with Crippen molar-refractivity contribution in [1.29, 1.82) is 0 Å². The van der Waals surface area contributed by atoms with Crippen molar-refractivity contribution >= 4 is 17.3 Å². The second kappa shape index (κ2) is 4.09. The molecular weight excluding hydrogens is 226 g/mol. The first-order chi connectivity index (χ1) is 7.58. The number of hydrogen-bond acceptors (Lipinski definition) is 5. The van der Waals surface area contributed by atoms with E-state index in [4.69, 9.17) is 4.52 Å². The van der Waals surface area contributed by atoms with E-state index in [1.54, 1.807) is 12.1 Å². The summed E-state index contributed by atoms with van der Waals surface area (Å²) in [6.07, 6.45) is 0.652. The molecule has 0 N–H and O–H groups in total. The van der Waals surface area contributed by atoms with E-state index in [1.165, 1.54) is 11.3 Å². The highest BCUT2D eigenvalue weighted by Crippen LogP contribution is 2.22. The smallest absolute Gasteiger partial charge is 0.137 e. The van der Waals surface area contributed by atoms with Crippen molar-refractivity contribution < 1.29 is 14.4 Å². The molecule has 0 amide bonds. The van der Waals surface area contributed by atoms with Crippen LogP contribution in [0.15, 0.2) is 16.7 Å². The number of aromatic nitrogens is 1. The quantitative estimate of drug-likeness (QED) is 0.805. The Balaban J connectivity index is 2.24. The van der Waals surface area contributed by atoms with Crippen LogP contribution in [0, 0.1) is 13.8 Å². The van der Waals surface area contributed by atoms with Crippen LogP contribution in [0.2, 0.25) is 0 Å². The zero-order valence-electron chi connectivity index (χ0n) is 8.94. The van der Waals surface area contributed by atoms with E-state index >= 15 is 0 Å². The molecule has 0 saturated heterocycles. The molecular formula is C11H10NO3S-. The predicted molar refractivity (Wildman–Crippen MR) is 57.4 cm³/mol. The van der Waals surface area contributed by atoms with Crippen LogP contribution >= 0.6 is 11.3 Å². The minimum Gasteiger partial charge on any atom is -0.544 e. The van der Waals surface area contributed by atoms with Gasteiger partial charge in [0, 0.05) is 16.9 Å². The highest BCUT2D eigenvalue weighted by atomic mass is 32.1. The van der Waals surface area contributed by atoms with Gasteiger partial charge in [-0.05, 0) is 26.0 Å². The summed E-state index contributed by atoms with van der Waals surface area (Å²) in [7, 11) is 0. The summed E-state index contributed by atoms with van der Waals surface area (Å²) in [6.45, 7) is 3.72. The Morgan fingerprint density at radius 2 is 2.25 bits per heavy atom. The third kappa shape index (κ3) is 1.99. The molecule has 2 aromatic rings. The van der Waals surface area contributed by atoms with Crippen LogP contribution in [0.25, 0.3) is 0 Å². The number of aromatic carboxylic acids is 1. The molecule has 0 aliphatic carbocycles. The topological polar surface area (TPSA) is 66.2 Å². The van der Waals surface area contributed by atoms with Crippen molar-refractivity contribution in [3.63, 3.8) is 0 Å². The summed E-state index contributed by atoms with van der Waals surface area (Å²) < 4.78 is 5.05. The Labute approximate surface area is 96.5 Å². The Kier molecular flexibility index (Phi) is 2.78. The third-order valence-electron chi connectivity index (χ3n) is 2.40. The van der Waals surface area contributed by atoms with Crippen molar-refractivity contribution in [1.82, 2.24) is 5.16 Å². The summed E-state index contributed by atoms with van der Waals surface area (Å²) in [5.74, 6) is -0.351. The molecule has 5 heteroatoms. The fourth-order valence-electron chi connectivity index (χ4n) is 1.51. The maximum absolute atomic E-state index is 10.6. The van der Waals surface area contributed by atoms with Gasteiger partial charge in [-0.1, -0.05) is 5.16 Å². The number of rotatable bonds is 3. The number of nitrogens with zero attached hydrogens (tertiary/aromatic N) is 1. The van der Waals surface area contributed by atoms with Crippen LogP contribution in [0.1, 0.15) is 31.6 Å². The Morgan fingerprint density at radius 1 is 1.50 bits per heavy atom. The summed E-state index contributed by atoms with van der Waals surface area (Å²) in [6, 6.07) is 3.36. The number of carbonyl (C=O) groups is 1. The summed E-state index contributed by atoms with van der Waals surface area (Å²) in [5, 5.41) is 14.5. The fraction of sp³-hybridized carbons (Fsp3) is 0.273. The number of carboxylic acid groups (broad SMARTS) is 1. The highest BCUT2D eigenvalue weighted by molar-refractivity contribution is 7.13. The predicted octanol–water partition coefficient (Wildman–Crippen LogP) is 1.31. The molecule has 0 saturated carbocycles. The molecule has 0 aliphatic heterocycles. The lowest BCUT2D eigenvalue weighted by molar-refractivity contribution is -0.254. The molecule has 0 unspecified atom stereocenters. The monoisotopic (exact) mass is 236 g/mol.